The van der Waals surface area contributed by atoms with Crippen LogP contribution >= 0.6 is 46.4 Å². The molecule has 3 nitrogen and oxygen atoms in total. The molecule has 0 aliphatic heterocycles. The first-order chi connectivity index (χ1) is 17.2. The van der Waals surface area contributed by atoms with E-state index in [-0.39, 0.29) is 5.78 Å². The van der Waals surface area contributed by atoms with Crippen LogP contribution in [0.2, 0.25) is 20.1 Å². The van der Waals surface area contributed by atoms with Crippen LogP contribution in [0.25, 0.3) is 34.8 Å². The van der Waals surface area contributed by atoms with E-state index in [0.29, 0.717) is 73.0 Å². The van der Waals surface area contributed by atoms with Crippen LogP contribution < -0.4 is 0 Å². The minimum Gasteiger partial charge on any atom is -0.457 e. The Bertz CT molecular complexity index is 1370. The molecule has 182 valence electrons. The predicted molar refractivity (Wildman–Crippen MR) is 148 cm³/mol. The molecule has 7 heteroatoms. The van der Waals surface area contributed by atoms with E-state index in [0.717, 1.165) is 11.1 Å². The van der Waals surface area contributed by atoms with E-state index in [1.165, 1.54) is 0 Å². The summed E-state index contributed by atoms with van der Waals surface area (Å²) in [4.78, 5) is 13.3. The van der Waals surface area contributed by atoms with Crippen LogP contribution in [0.4, 0.5) is 0 Å². The first-order valence-electron chi connectivity index (χ1n) is 11.3. The number of hydrogen-bond donors (Lipinski definition) is 0. The minimum atomic E-state index is -0.0133. The summed E-state index contributed by atoms with van der Waals surface area (Å²) in [6.07, 6.45) is 4.95. The quantitative estimate of drug-likeness (QED) is 0.234. The SMILES string of the molecule is CC1C/C(=C\c2ccc(-c3cc(Cl)cc(Cl)c3)o2)C(=O)/C(=C/c2ccc(-c3cc(Cl)cc(Cl)c3)o2)C1. The maximum absolute atomic E-state index is 13.3. The summed E-state index contributed by atoms with van der Waals surface area (Å²) in [6, 6.07) is 17.8. The van der Waals surface area contributed by atoms with Gasteiger partial charge in [-0.2, -0.15) is 0 Å². The molecule has 0 N–H and O–H groups in total. The smallest absolute Gasteiger partial charge is 0.185 e. The van der Waals surface area contributed by atoms with E-state index in [1.54, 1.807) is 36.4 Å². The maximum atomic E-state index is 13.3. The summed E-state index contributed by atoms with van der Waals surface area (Å²) in [5.74, 6) is 2.72. The van der Waals surface area contributed by atoms with Crippen LogP contribution in [0.3, 0.4) is 0 Å². The summed E-state index contributed by atoms with van der Waals surface area (Å²) < 4.78 is 12.0. The van der Waals surface area contributed by atoms with Crippen LogP contribution in [0.5, 0.6) is 0 Å². The zero-order valence-electron chi connectivity index (χ0n) is 19.2. The monoisotopic (exact) mass is 556 g/mol. The summed E-state index contributed by atoms with van der Waals surface area (Å²) in [5, 5.41) is 2.11. The van der Waals surface area contributed by atoms with Gasteiger partial charge in [0.15, 0.2) is 5.78 Å². The molecule has 2 aromatic heterocycles. The van der Waals surface area contributed by atoms with Crippen molar-refractivity contribution in [2.75, 3.05) is 0 Å². The summed E-state index contributed by atoms with van der Waals surface area (Å²) in [5.41, 5.74) is 2.93. The molecule has 4 aromatic rings. The third kappa shape index (κ3) is 5.66. The number of Topliss-reactive ketones (excluding diaryl/α,β-unsaturated/α-hetero) is 1. The zero-order chi connectivity index (χ0) is 25.4. The maximum Gasteiger partial charge on any atom is 0.185 e. The Kier molecular flexibility index (Phi) is 7.18. The van der Waals surface area contributed by atoms with Crippen LogP contribution in [0.15, 0.2) is 80.6 Å². The van der Waals surface area contributed by atoms with Crippen LogP contribution in [-0.4, -0.2) is 5.78 Å². The fraction of sp³-hybridized carbons (Fsp3) is 0.138. The lowest BCUT2D eigenvalue weighted by Crippen LogP contribution is -2.18. The minimum absolute atomic E-state index is 0.0133. The molecule has 36 heavy (non-hydrogen) atoms. The highest BCUT2D eigenvalue weighted by Crippen LogP contribution is 2.35. The van der Waals surface area contributed by atoms with Crippen molar-refractivity contribution >= 4 is 64.3 Å². The first-order valence-corrected chi connectivity index (χ1v) is 12.8. The fourth-order valence-corrected chi connectivity index (χ4v) is 5.42. The Balaban J connectivity index is 1.40. The Morgan fingerprint density at radius 3 is 1.44 bits per heavy atom. The highest BCUT2D eigenvalue weighted by Gasteiger charge is 2.26. The Morgan fingerprint density at radius 2 is 1.06 bits per heavy atom. The van der Waals surface area contributed by atoms with Crippen molar-refractivity contribution in [3.05, 3.63) is 103 Å². The second-order valence-electron chi connectivity index (χ2n) is 8.90. The molecule has 1 fully saturated rings. The second-order valence-corrected chi connectivity index (χ2v) is 10.6. The van der Waals surface area contributed by atoms with Gasteiger partial charge in [-0.15, -0.1) is 0 Å². The van der Waals surface area contributed by atoms with Crippen LogP contribution in [0.1, 0.15) is 31.3 Å². The van der Waals surface area contributed by atoms with E-state index in [1.807, 2.05) is 36.4 Å². The number of ketones is 1. The largest absolute Gasteiger partial charge is 0.457 e. The van der Waals surface area contributed by atoms with Crippen molar-refractivity contribution < 1.29 is 13.6 Å². The standard InChI is InChI=1S/C29H20Cl4O3/c1-16-6-19(12-25-2-4-27(35-25)17-8-21(30)14-22(31)9-17)29(34)20(7-16)13-26-3-5-28(36-26)18-10-23(32)15-24(33)11-18/h2-5,8-16H,6-7H2,1H3/b19-12+,20-13+. The highest BCUT2D eigenvalue weighted by atomic mass is 35.5. The van der Waals surface area contributed by atoms with E-state index in [2.05, 4.69) is 6.92 Å². The lowest BCUT2D eigenvalue weighted by atomic mass is 9.81. The number of rotatable bonds is 4. The highest BCUT2D eigenvalue weighted by molar-refractivity contribution is 6.35. The second kappa shape index (κ2) is 10.4. The van der Waals surface area contributed by atoms with Gasteiger partial charge < -0.3 is 8.83 Å². The molecule has 0 unspecified atom stereocenters. The molecule has 5 rings (SSSR count). The zero-order valence-corrected chi connectivity index (χ0v) is 22.2. The first kappa shape index (κ1) is 25.0. The molecular formula is C29H20Cl4O3. The Labute approximate surface area is 228 Å². The van der Waals surface area contributed by atoms with Crippen molar-refractivity contribution in [1.82, 2.24) is 0 Å². The van der Waals surface area contributed by atoms with E-state index in [9.17, 15) is 4.79 Å². The third-order valence-corrected chi connectivity index (χ3v) is 6.77. The van der Waals surface area contributed by atoms with Gasteiger partial charge in [-0.1, -0.05) is 53.3 Å². The lowest BCUT2D eigenvalue weighted by Gasteiger charge is -2.22. The van der Waals surface area contributed by atoms with E-state index >= 15 is 0 Å². The molecule has 0 atom stereocenters. The number of carbonyl (C=O) groups is 1. The molecule has 0 amide bonds. The van der Waals surface area contributed by atoms with E-state index in [4.69, 9.17) is 55.2 Å². The average Bonchev–Trinajstić information content (AvgIpc) is 3.45. The van der Waals surface area contributed by atoms with Gasteiger partial charge in [0.25, 0.3) is 0 Å². The number of benzene rings is 2. The van der Waals surface area contributed by atoms with Crippen LogP contribution in [0, 0.1) is 5.92 Å². The van der Waals surface area contributed by atoms with Gasteiger partial charge in [-0.05, 0) is 91.6 Å². The molecule has 0 radical (unpaired) electrons. The van der Waals surface area contributed by atoms with Crippen molar-refractivity contribution in [3.63, 3.8) is 0 Å². The van der Waals surface area contributed by atoms with Gasteiger partial charge in [0.05, 0.1) is 0 Å². The van der Waals surface area contributed by atoms with Gasteiger partial charge >= 0.3 is 0 Å². The van der Waals surface area contributed by atoms with Crippen molar-refractivity contribution in [2.45, 2.75) is 19.8 Å². The van der Waals surface area contributed by atoms with Gasteiger partial charge in [0.2, 0.25) is 0 Å². The number of hydrogen-bond acceptors (Lipinski definition) is 3. The normalized spacial score (nSPS) is 18.4. The lowest BCUT2D eigenvalue weighted by molar-refractivity contribution is -0.113. The number of allylic oxidation sites excluding steroid dienone is 2. The van der Waals surface area contributed by atoms with E-state index < -0.39 is 0 Å². The summed E-state index contributed by atoms with van der Waals surface area (Å²) >= 11 is 24.5. The van der Waals surface area contributed by atoms with Gasteiger partial charge in [-0.3, -0.25) is 4.79 Å². The molecule has 1 aliphatic carbocycles. The molecular weight excluding hydrogens is 538 g/mol. The fourth-order valence-electron chi connectivity index (χ4n) is 4.37. The number of furan rings is 2. The molecule has 0 spiro atoms. The molecule has 2 aromatic carbocycles. The average molecular weight is 558 g/mol. The van der Waals surface area contributed by atoms with Crippen molar-refractivity contribution in [2.24, 2.45) is 5.92 Å². The molecule has 0 saturated heterocycles. The van der Waals surface area contributed by atoms with Crippen molar-refractivity contribution in [1.29, 1.82) is 0 Å². The molecule has 0 bridgehead atoms. The van der Waals surface area contributed by atoms with Crippen LogP contribution in [-0.2, 0) is 4.79 Å². The molecule has 1 aliphatic rings. The summed E-state index contributed by atoms with van der Waals surface area (Å²) in [6.45, 7) is 2.12. The topological polar surface area (TPSA) is 43.4 Å². The Hall–Kier alpha value is -2.69. The number of carbonyl (C=O) groups excluding carboxylic acids is 1. The molecule has 1 saturated carbocycles. The number of halogens is 4. The molecule has 2 heterocycles. The van der Waals surface area contributed by atoms with Gasteiger partial charge in [0, 0.05) is 42.4 Å². The predicted octanol–water partition coefficient (Wildman–Crippen LogP) is 10.3. The van der Waals surface area contributed by atoms with Gasteiger partial charge in [0.1, 0.15) is 23.0 Å². The van der Waals surface area contributed by atoms with Crippen molar-refractivity contribution in [3.8, 4) is 22.6 Å². The summed E-state index contributed by atoms with van der Waals surface area (Å²) in [7, 11) is 0. The third-order valence-electron chi connectivity index (χ3n) is 5.90. The Morgan fingerprint density at radius 1 is 0.667 bits per heavy atom. The van der Waals surface area contributed by atoms with Gasteiger partial charge in [-0.25, -0.2) is 0 Å².